The van der Waals surface area contributed by atoms with Crippen molar-refractivity contribution in [2.45, 2.75) is 44.6 Å². The lowest BCUT2D eigenvalue weighted by Crippen LogP contribution is -2.43. The van der Waals surface area contributed by atoms with Crippen LogP contribution in [0.15, 0.2) is 0 Å². The van der Waals surface area contributed by atoms with E-state index in [1.54, 1.807) is 0 Å². The van der Waals surface area contributed by atoms with Crippen molar-refractivity contribution in [3.8, 4) is 0 Å². The van der Waals surface area contributed by atoms with Crippen LogP contribution in [0.2, 0.25) is 0 Å². The fourth-order valence-electron chi connectivity index (χ4n) is 2.66. The molecule has 1 spiro atoms. The lowest BCUT2D eigenvalue weighted by molar-refractivity contribution is -0.134. The van der Waals surface area contributed by atoms with Crippen LogP contribution >= 0.6 is 0 Å². The van der Waals surface area contributed by atoms with Crippen LogP contribution in [0.1, 0.15) is 38.5 Å². The number of Topliss-reactive ketones (excluding diaryl/α,β-unsaturated/α-hetero) is 1. The molecule has 2 aliphatic rings. The summed E-state index contributed by atoms with van der Waals surface area (Å²) in [6.45, 7) is 0. The summed E-state index contributed by atoms with van der Waals surface area (Å²) in [5.41, 5.74) is 0.463. The SMILES string of the molecule is CNC1CCC2(CC1)CC(=O)C2. The van der Waals surface area contributed by atoms with Gasteiger partial charge in [0.05, 0.1) is 0 Å². The quantitative estimate of drug-likeness (QED) is 0.641. The average molecular weight is 167 g/mol. The normalized spacial score (nSPS) is 28.9. The van der Waals surface area contributed by atoms with E-state index in [1.807, 2.05) is 7.05 Å². The Morgan fingerprint density at radius 2 is 1.92 bits per heavy atom. The molecule has 2 nitrogen and oxygen atoms in total. The fourth-order valence-corrected chi connectivity index (χ4v) is 2.66. The van der Waals surface area contributed by atoms with Crippen LogP contribution in [0.5, 0.6) is 0 Å². The van der Waals surface area contributed by atoms with Crippen molar-refractivity contribution >= 4 is 5.78 Å². The number of ketones is 1. The van der Waals surface area contributed by atoms with Gasteiger partial charge in [-0.1, -0.05) is 0 Å². The second kappa shape index (κ2) is 2.84. The van der Waals surface area contributed by atoms with Crippen LogP contribution in [0.3, 0.4) is 0 Å². The summed E-state index contributed by atoms with van der Waals surface area (Å²) in [6.07, 6.45) is 6.83. The third-order valence-electron chi connectivity index (χ3n) is 3.60. The highest BCUT2D eigenvalue weighted by Gasteiger charge is 2.44. The first-order valence-electron chi connectivity index (χ1n) is 4.93. The molecule has 0 aromatic carbocycles. The molecule has 2 rings (SSSR count). The highest BCUT2D eigenvalue weighted by Crippen LogP contribution is 2.49. The van der Waals surface area contributed by atoms with Crippen LogP contribution in [-0.4, -0.2) is 18.9 Å². The number of carbonyl (C=O) groups excluding carboxylic acids is 1. The Kier molecular flexibility index (Phi) is 1.95. The summed E-state index contributed by atoms with van der Waals surface area (Å²) in [5.74, 6) is 0.484. The Balaban J connectivity index is 1.86. The predicted molar refractivity (Wildman–Crippen MR) is 48.0 cm³/mol. The van der Waals surface area contributed by atoms with E-state index in [9.17, 15) is 4.79 Å². The molecule has 0 aliphatic heterocycles. The van der Waals surface area contributed by atoms with Crippen LogP contribution in [0.25, 0.3) is 0 Å². The molecule has 2 heteroatoms. The first-order chi connectivity index (χ1) is 5.74. The van der Waals surface area contributed by atoms with Gasteiger partial charge in [0.15, 0.2) is 0 Å². The van der Waals surface area contributed by atoms with E-state index < -0.39 is 0 Å². The Morgan fingerprint density at radius 1 is 1.33 bits per heavy atom. The van der Waals surface area contributed by atoms with E-state index in [2.05, 4.69) is 5.32 Å². The van der Waals surface area contributed by atoms with E-state index >= 15 is 0 Å². The molecule has 0 aromatic heterocycles. The van der Waals surface area contributed by atoms with E-state index in [-0.39, 0.29) is 0 Å². The van der Waals surface area contributed by atoms with E-state index in [1.165, 1.54) is 25.7 Å². The zero-order chi connectivity index (χ0) is 8.60. The number of rotatable bonds is 1. The van der Waals surface area contributed by atoms with Gasteiger partial charge in [-0.25, -0.2) is 0 Å². The van der Waals surface area contributed by atoms with Crippen molar-refractivity contribution in [3.63, 3.8) is 0 Å². The fraction of sp³-hybridized carbons (Fsp3) is 0.900. The Labute approximate surface area is 73.7 Å². The molecule has 0 unspecified atom stereocenters. The van der Waals surface area contributed by atoms with Gasteiger partial charge in [0.25, 0.3) is 0 Å². The standard InChI is InChI=1S/C10H17NO/c1-11-8-2-4-10(5-3-8)6-9(12)7-10/h8,11H,2-7H2,1H3. The molecule has 2 aliphatic carbocycles. The maximum absolute atomic E-state index is 10.9. The van der Waals surface area contributed by atoms with Gasteiger partial charge < -0.3 is 5.32 Å². The molecular formula is C10H17NO. The third-order valence-corrected chi connectivity index (χ3v) is 3.60. The highest BCUT2D eigenvalue weighted by molar-refractivity contribution is 5.86. The third kappa shape index (κ3) is 1.28. The minimum Gasteiger partial charge on any atom is -0.317 e. The number of nitrogens with one attached hydrogen (secondary N) is 1. The molecule has 68 valence electrons. The molecule has 1 N–H and O–H groups in total. The summed E-state index contributed by atoms with van der Waals surface area (Å²) >= 11 is 0. The molecule has 0 atom stereocenters. The number of hydrogen-bond acceptors (Lipinski definition) is 2. The minimum absolute atomic E-state index is 0.463. The van der Waals surface area contributed by atoms with E-state index in [0.717, 1.165) is 12.8 Å². The van der Waals surface area contributed by atoms with Gasteiger partial charge in [-0.3, -0.25) is 4.79 Å². The zero-order valence-corrected chi connectivity index (χ0v) is 7.73. The first-order valence-corrected chi connectivity index (χ1v) is 4.93. The van der Waals surface area contributed by atoms with Crippen LogP contribution in [-0.2, 0) is 4.79 Å². The van der Waals surface area contributed by atoms with Crippen molar-refractivity contribution in [2.24, 2.45) is 5.41 Å². The van der Waals surface area contributed by atoms with Gasteiger partial charge >= 0.3 is 0 Å². The molecule has 0 bridgehead atoms. The Hall–Kier alpha value is -0.370. The molecule has 2 fully saturated rings. The molecule has 0 radical (unpaired) electrons. The average Bonchev–Trinajstić information content (AvgIpc) is 2.04. The van der Waals surface area contributed by atoms with Gasteiger partial charge in [0.2, 0.25) is 0 Å². The monoisotopic (exact) mass is 167 g/mol. The smallest absolute Gasteiger partial charge is 0.134 e. The molecule has 0 amide bonds. The summed E-state index contributed by atoms with van der Waals surface area (Å²) in [5, 5.41) is 3.32. The maximum atomic E-state index is 10.9. The van der Waals surface area contributed by atoms with E-state index in [4.69, 9.17) is 0 Å². The molecule has 12 heavy (non-hydrogen) atoms. The maximum Gasteiger partial charge on any atom is 0.134 e. The molecule has 0 heterocycles. The summed E-state index contributed by atoms with van der Waals surface area (Å²) in [6, 6.07) is 0.714. The molecular weight excluding hydrogens is 150 g/mol. The molecule has 0 saturated heterocycles. The summed E-state index contributed by atoms with van der Waals surface area (Å²) in [7, 11) is 2.04. The van der Waals surface area contributed by atoms with Gasteiger partial charge in [-0.05, 0) is 38.1 Å². The van der Waals surface area contributed by atoms with E-state index in [0.29, 0.717) is 17.2 Å². The lowest BCUT2D eigenvalue weighted by atomic mass is 9.59. The number of hydrogen-bond donors (Lipinski definition) is 1. The molecule has 2 saturated carbocycles. The largest absolute Gasteiger partial charge is 0.317 e. The summed E-state index contributed by atoms with van der Waals surface area (Å²) in [4.78, 5) is 10.9. The minimum atomic E-state index is 0.463. The van der Waals surface area contributed by atoms with Gasteiger partial charge in [-0.2, -0.15) is 0 Å². The Bertz CT molecular complexity index is 182. The summed E-state index contributed by atoms with van der Waals surface area (Å²) < 4.78 is 0. The van der Waals surface area contributed by atoms with Crippen LogP contribution in [0.4, 0.5) is 0 Å². The first kappa shape index (κ1) is 8.24. The van der Waals surface area contributed by atoms with Crippen molar-refractivity contribution in [2.75, 3.05) is 7.05 Å². The van der Waals surface area contributed by atoms with Crippen LogP contribution in [0, 0.1) is 5.41 Å². The van der Waals surface area contributed by atoms with Crippen molar-refractivity contribution in [3.05, 3.63) is 0 Å². The topological polar surface area (TPSA) is 29.1 Å². The molecule has 0 aromatic rings. The second-order valence-electron chi connectivity index (χ2n) is 4.46. The predicted octanol–water partition coefficient (Wildman–Crippen LogP) is 1.50. The van der Waals surface area contributed by atoms with Crippen molar-refractivity contribution in [1.82, 2.24) is 5.32 Å². The van der Waals surface area contributed by atoms with Gasteiger partial charge in [0, 0.05) is 18.9 Å². The second-order valence-corrected chi connectivity index (χ2v) is 4.46. The lowest BCUT2D eigenvalue weighted by Gasteiger charge is -2.45. The Morgan fingerprint density at radius 3 is 2.33 bits per heavy atom. The zero-order valence-electron chi connectivity index (χ0n) is 7.73. The number of carbonyl (C=O) groups is 1. The highest BCUT2D eigenvalue weighted by atomic mass is 16.1. The van der Waals surface area contributed by atoms with Crippen molar-refractivity contribution in [1.29, 1.82) is 0 Å². The van der Waals surface area contributed by atoms with Crippen molar-refractivity contribution < 1.29 is 4.79 Å². The van der Waals surface area contributed by atoms with Crippen LogP contribution < -0.4 is 5.32 Å². The van der Waals surface area contributed by atoms with Gasteiger partial charge in [0.1, 0.15) is 5.78 Å². The van der Waals surface area contributed by atoms with Gasteiger partial charge in [-0.15, -0.1) is 0 Å².